The maximum absolute atomic E-state index is 4.34. The molecular formula is C19H16N4S. The molecule has 2 aromatic heterocycles. The zero-order valence-corrected chi connectivity index (χ0v) is 14.1. The first-order chi connectivity index (χ1) is 11.8. The smallest absolute Gasteiger partial charge is 0.160 e. The SMILES string of the molecule is Cc1nccn1-c1ccc(SCc2cccc3ccccc23)nn1. The minimum absolute atomic E-state index is 0.791. The molecule has 0 radical (unpaired) electrons. The number of hydrogen-bond acceptors (Lipinski definition) is 4. The number of fused-ring (bicyclic) bond motifs is 1. The predicted molar refractivity (Wildman–Crippen MR) is 97.4 cm³/mol. The predicted octanol–water partition coefficient (Wildman–Crippen LogP) is 4.42. The molecule has 2 heterocycles. The molecule has 118 valence electrons. The monoisotopic (exact) mass is 332 g/mol. The summed E-state index contributed by atoms with van der Waals surface area (Å²) in [5.41, 5.74) is 1.31. The third-order valence-electron chi connectivity index (χ3n) is 3.95. The van der Waals surface area contributed by atoms with Crippen LogP contribution in [0.5, 0.6) is 0 Å². The molecule has 0 saturated carbocycles. The fourth-order valence-electron chi connectivity index (χ4n) is 2.71. The highest BCUT2D eigenvalue weighted by molar-refractivity contribution is 7.98. The van der Waals surface area contributed by atoms with Crippen LogP contribution < -0.4 is 0 Å². The maximum Gasteiger partial charge on any atom is 0.160 e. The van der Waals surface area contributed by atoms with Crippen molar-refractivity contribution < 1.29 is 0 Å². The second kappa shape index (κ2) is 6.45. The number of imidazole rings is 1. The Morgan fingerprint density at radius 2 is 1.83 bits per heavy atom. The number of aromatic nitrogens is 4. The quantitative estimate of drug-likeness (QED) is 0.519. The molecular weight excluding hydrogens is 316 g/mol. The van der Waals surface area contributed by atoms with Gasteiger partial charge in [0.15, 0.2) is 5.82 Å². The lowest BCUT2D eigenvalue weighted by Crippen LogP contribution is -2.00. The first-order valence-corrected chi connectivity index (χ1v) is 8.73. The van der Waals surface area contributed by atoms with Crippen LogP contribution in [0.1, 0.15) is 11.4 Å². The fourth-order valence-corrected chi connectivity index (χ4v) is 3.53. The van der Waals surface area contributed by atoms with Gasteiger partial charge in [-0.05, 0) is 35.4 Å². The third-order valence-corrected chi connectivity index (χ3v) is 4.92. The van der Waals surface area contributed by atoms with Crippen molar-refractivity contribution in [3.63, 3.8) is 0 Å². The molecule has 0 spiro atoms. The summed E-state index contributed by atoms with van der Waals surface area (Å²) >= 11 is 1.70. The molecule has 0 saturated heterocycles. The highest BCUT2D eigenvalue weighted by Gasteiger charge is 2.05. The Morgan fingerprint density at radius 3 is 2.62 bits per heavy atom. The molecule has 0 N–H and O–H groups in total. The van der Waals surface area contributed by atoms with Gasteiger partial charge in [0.1, 0.15) is 10.9 Å². The van der Waals surface area contributed by atoms with Crippen molar-refractivity contribution in [2.75, 3.05) is 0 Å². The van der Waals surface area contributed by atoms with Gasteiger partial charge in [-0.15, -0.1) is 10.2 Å². The first-order valence-electron chi connectivity index (χ1n) is 7.75. The minimum Gasteiger partial charge on any atom is -0.287 e. The average Bonchev–Trinajstić information content (AvgIpc) is 3.06. The molecule has 24 heavy (non-hydrogen) atoms. The van der Waals surface area contributed by atoms with Crippen LogP contribution in [-0.4, -0.2) is 19.7 Å². The summed E-state index contributed by atoms with van der Waals surface area (Å²) < 4.78 is 1.92. The van der Waals surface area contributed by atoms with E-state index in [4.69, 9.17) is 0 Å². The Labute approximate surface area is 144 Å². The van der Waals surface area contributed by atoms with E-state index in [1.54, 1.807) is 18.0 Å². The van der Waals surface area contributed by atoms with Crippen molar-refractivity contribution in [1.29, 1.82) is 0 Å². The molecule has 0 aliphatic rings. The van der Waals surface area contributed by atoms with Gasteiger partial charge in [0.2, 0.25) is 0 Å². The van der Waals surface area contributed by atoms with Crippen LogP contribution in [0.15, 0.2) is 72.0 Å². The lowest BCUT2D eigenvalue weighted by molar-refractivity contribution is 0.841. The molecule has 4 rings (SSSR count). The van der Waals surface area contributed by atoms with Crippen LogP contribution in [0.25, 0.3) is 16.6 Å². The molecule has 2 aromatic carbocycles. The van der Waals surface area contributed by atoms with Crippen molar-refractivity contribution in [3.8, 4) is 5.82 Å². The van der Waals surface area contributed by atoms with Crippen LogP contribution in [0.2, 0.25) is 0 Å². The van der Waals surface area contributed by atoms with E-state index >= 15 is 0 Å². The summed E-state index contributed by atoms with van der Waals surface area (Å²) in [5, 5.41) is 12.1. The van der Waals surface area contributed by atoms with Crippen LogP contribution in [0, 0.1) is 6.92 Å². The van der Waals surface area contributed by atoms with Gasteiger partial charge < -0.3 is 0 Å². The molecule has 0 atom stereocenters. The molecule has 4 nitrogen and oxygen atoms in total. The van der Waals surface area contributed by atoms with E-state index < -0.39 is 0 Å². The number of rotatable bonds is 4. The first kappa shape index (κ1) is 14.9. The topological polar surface area (TPSA) is 43.6 Å². The van der Waals surface area contributed by atoms with E-state index in [1.807, 2.05) is 29.8 Å². The molecule has 4 aromatic rings. The molecule has 5 heteroatoms. The van der Waals surface area contributed by atoms with Gasteiger partial charge >= 0.3 is 0 Å². The van der Waals surface area contributed by atoms with Crippen LogP contribution in [0.3, 0.4) is 0 Å². The van der Waals surface area contributed by atoms with Crippen molar-refractivity contribution in [1.82, 2.24) is 19.7 Å². The Bertz CT molecular complexity index is 971. The second-order valence-corrected chi connectivity index (χ2v) is 6.50. The highest BCUT2D eigenvalue weighted by Crippen LogP contribution is 2.26. The second-order valence-electron chi connectivity index (χ2n) is 5.50. The minimum atomic E-state index is 0.791. The summed E-state index contributed by atoms with van der Waals surface area (Å²) in [6.07, 6.45) is 3.66. The molecule has 0 unspecified atom stereocenters. The Hall–Kier alpha value is -2.66. The molecule has 0 amide bonds. The zero-order valence-electron chi connectivity index (χ0n) is 13.3. The van der Waals surface area contributed by atoms with E-state index in [9.17, 15) is 0 Å². The summed E-state index contributed by atoms with van der Waals surface area (Å²) in [5.74, 6) is 2.57. The van der Waals surface area contributed by atoms with Gasteiger partial charge in [0.25, 0.3) is 0 Å². The number of thioether (sulfide) groups is 1. The molecule has 0 aliphatic heterocycles. The van der Waals surface area contributed by atoms with Gasteiger partial charge in [0, 0.05) is 18.1 Å². The third kappa shape index (κ3) is 2.90. The van der Waals surface area contributed by atoms with E-state index in [-0.39, 0.29) is 0 Å². The standard InChI is InChI=1S/C19H16N4S/c1-14-20-11-12-23(14)18-9-10-19(22-21-18)24-13-16-7-4-6-15-5-2-3-8-17(15)16/h2-12H,13H2,1H3. The normalized spacial score (nSPS) is 11.0. The number of nitrogens with zero attached hydrogens (tertiary/aromatic N) is 4. The Balaban J connectivity index is 1.53. The van der Waals surface area contributed by atoms with Crippen molar-refractivity contribution in [2.45, 2.75) is 17.7 Å². The number of aryl methyl sites for hydroxylation is 1. The van der Waals surface area contributed by atoms with Crippen LogP contribution in [0.4, 0.5) is 0 Å². The van der Waals surface area contributed by atoms with Crippen molar-refractivity contribution in [2.24, 2.45) is 0 Å². The van der Waals surface area contributed by atoms with E-state index in [0.29, 0.717) is 0 Å². The highest BCUT2D eigenvalue weighted by atomic mass is 32.2. The van der Waals surface area contributed by atoms with Crippen LogP contribution in [-0.2, 0) is 5.75 Å². The average molecular weight is 332 g/mol. The van der Waals surface area contributed by atoms with Crippen molar-refractivity contribution in [3.05, 3.63) is 78.4 Å². The summed E-state index contributed by atoms with van der Waals surface area (Å²) in [6, 6.07) is 18.9. The maximum atomic E-state index is 4.34. The fraction of sp³-hybridized carbons (Fsp3) is 0.105. The van der Waals surface area contributed by atoms with Gasteiger partial charge in [-0.2, -0.15) is 0 Å². The lowest BCUT2D eigenvalue weighted by atomic mass is 10.1. The summed E-state index contributed by atoms with van der Waals surface area (Å²) in [4.78, 5) is 4.21. The Kier molecular flexibility index (Phi) is 4.01. The van der Waals surface area contributed by atoms with Gasteiger partial charge in [-0.1, -0.05) is 54.2 Å². The summed E-state index contributed by atoms with van der Waals surface area (Å²) in [6.45, 7) is 1.95. The van der Waals surface area contributed by atoms with Gasteiger partial charge in [0.05, 0.1) is 0 Å². The van der Waals surface area contributed by atoms with Crippen LogP contribution >= 0.6 is 11.8 Å². The molecule has 0 aliphatic carbocycles. The molecule has 0 bridgehead atoms. The Morgan fingerprint density at radius 1 is 0.958 bits per heavy atom. The molecule has 0 fully saturated rings. The van der Waals surface area contributed by atoms with E-state index in [0.717, 1.165) is 22.4 Å². The van der Waals surface area contributed by atoms with Crippen molar-refractivity contribution >= 4 is 22.5 Å². The lowest BCUT2D eigenvalue weighted by Gasteiger charge is -2.07. The zero-order chi connectivity index (χ0) is 16.4. The number of benzene rings is 2. The van der Waals surface area contributed by atoms with Gasteiger partial charge in [-0.25, -0.2) is 4.98 Å². The number of hydrogen-bond donors (Lipinski definition) is 0. The van der Waals surface area contributed by atoms with E-state index in [1.165, 1.54) is 16.3 Å². The summed E-state index contributed by atoms with van der Waals surface area (Å²) in [7, 11) is 0. The van der Waals surface area contributed by atoms with Gasteiger partial charge in [-0.3, -0.25) is 4.57 Å². The van der Waals surface area contributed by atoms with E-state index in [2.05, 4.69) is 57.6 Å². The largest absolute Gasteiger partial charge is 0.287 e.